The Morgan fingerprint density at radius 3 is 2.70 bits per heavy atom. The highest BCUT2D eigenvalue weighted by Gasteiger charge is 2.48. The molecule has 210 valence electrons. The van der Waals surface area contributed by atoms with Crippen molar-refractivity contribution in [3.05, 3.63) is 42.6 Å². The summed E-state index contributed by atoms with van der Waals surface area (Å²) in [6.45, 7) is 8.98. The predicted octanol–water partition coefficient (Wildman–Crippen LogP) is 3.97. The van der Waals surface area contributed by atoms with E-state index in [-0.39, 0.29) is 5.60 Å². The van der Waals surface area contributed by atoms with Crippen LogP contribution in [0, 0.1) is 0 Å². The van der Waals surface area contributed by atoms with Gasteiger partial charge in [0.2, 0.25) is 0 Å². The van der Waals surface area contributed by atoms with Crippen molar-refractivity contribution in [3.63, 3.8) is 0 Å². The molecule has 3 fully saturated rings. The van der Waals surface area contributed by atoms with Gasteiger partial charge in [-0.2, -0.15) is 5.10 Å². The number of piperidine rings is 1. The zero-order chi connectivity index (χ0) is 27.3. The summed E-state index contributed by atoms with van der Waals surface area (Å²) in [5.41, 5.74) is 6.80. The average Bonchev–Trinajstić information content (AvgIpc) is 3.35. The standard InChI is InChI=1S/C30H39N9O/c1-4-37-9-5-24(6-10-37)39-19-23(15-34-39)25-16-31-28-27(25)35-26(17-32-28)21-13-22(18-36(2)3)29(33-14-21)38-11-12-40-30(20-38)7-8-30/h13-17,19,24H,4-12,18,20H2,1-3H3,(H,31,32). The van der Waals surface area contributed by atoms with Crippen LogP contribution >= 0.6 is 0 Å². The fourth-order valence-corrected chi connectivity index (χ4v) is 6.28. The largest absolute Gasteiger partial charge is 0.371 e. The first-order chi connectivity index (χ1) is 19.5. The molecule has 0 unspecified atom stereocenters. The Kier molecular flexibility index (Phi) is 6.56. The van der Waals surface area contributed by atoms with E-state index in [2.05, 4.69) is 57.6 Å². The molecule has 6 heterocycles. The van der Waals surface area contributed by atoms with Crippen molar-refractivity contribution in [2.75, 3.05) is 58.3 Å². The van der Waals surface area contributed by atoms with E-state index in [9.17, 15) is 0 Å². The fourth-order valence-electron chi connectivity index (χ4n) is 6.28. The topological polar surface area (TPSA) is 91.2 Å². The van der Waals surface area contributed by atoms with Gasteiger partial charge in [0.1, 0.15) is 11.3 Å². The maximum Gasteiger partial charge on any atom is 0.156 e. The molecule has 7 rings (SSSR count). The number of rotatable bonds is 7. The number of morpholine rings is 1. The Balaban J connectivity index is 1.18. The van der Waals surface area contributed by atoms with Gasteiger partial charge in [-0.1, -0.05) is 6.92 Å². The Labute approximate surface area is 235 Å². The van der Waals surface area contributed by atoms with Gasteiger partial charge in [0.05, 0.1) is 36.3 Å². The van der Waals surface area contributed by atoms with Crippen LogP contribution in [-0.4, -0.2) is 98.5 Å². The lowest BCUT2D eigenvalue weighted by Gasteiger charge is -2.35. The van der Waals surface area contributed by atoms with E-state index >= 15 is 0 Å². The number of hydrogen-bond acceptors (Lipinski definition) is 8. The first-order valence-electron chi connectivity index (χ1n) is 14.6. The van der Waals surface area contributed by atoms with E-state index < -0.39 is 0 Å². The van der Waals surface area contributed by atoms with Gasteiger partial charge in [0.25, 0.3) is 0 Å². The Morgan fingerprint density at radius 2 is 1.93 bits per heavy atom. The van der Waals surface area contributed by atoms with Crippen molar-refractivity contribution in [2.45, 2.75) is 50.8 Å². The van der Waals surface area contributed by atoms with Gasteiger partial charge in [0, 0.05) is 73.6 Å². The minimum atomic E-state index is 0.0514. The summed E-state index contributed by atoms with van der Waals surface area (Å²) < 4.78 is 8.20. The van der Waals surface area contributed by atoms with Gasteiger partial charge in [-0.3, -0.25) is 4.68 Å². The lowest BCUT2D eigenvalue weighted by molar-refractivity contribution is 0.0203. The van der Waals surface area contributed by atoms with E-state index in [0.717, 1.165) is 111 Å². The molecule has 1 N–H and O–H groups in total. The lowest BCUT2D eigenvalue weighted by atomic mass is 10.1. The fraction of sp³-hybridized carbons (Fsp3) is 0.533. The maximum atomic E-state index is 6.06. The van der Waals surface area contributed by atoms with E-state index in [0.29, 0.717) is 6.04 Å². The normalized spacial score (nSPS) is 19.8. The van der Waals surface area contributed by atoms with E-state index in [1.807, 2.05) is 24.8 Å². The van der Waals surface area contributed by atoms with Gasteiger partial charge in [-0.15, -0.1) is 0 Å². The van der Waals surface area contributed by atoms with Crippen LogP contribution < -0.4 is 4.90 Å². The minimum absolute atomic E-state index is 0.0514. The number of nitrogens with zero attached hydrogens (tertiary/aromatic N) is 8. The molecule has 2 aliphatic heterocycles. The van der Waals surface area contributed by atoms with Crippen LogP contribution in [0.1, 0.15) is 44.2 Å². The number of ether oxygens (including phenoxy) is 1. The summed E-state index contributed by atoms with van der Waals surface area (Å²) in [4.78, 5) is 25.2. The molecule has 4 aromatic rings. The van der Waals surface area contributed by atoms with Crippen molar-refractivity contribution in [1.29, 1.82) is 0 Å². The molecular formula is C30H39N9O. The molecule has 0 radical (unpaired) electrons. The summed E-state index contributed by atoms with van der Waals surface area (Å²) >= 11 is 0. The monoisotopic (exact) mass is 541 g/mol. The minimum Gasteiger partial charge on any atom is -0.371 e. The molecule has 4 aromatic heterocycles. The molecule has 3 aliphatic rings. The maximum absolute atomic E-state index is 6.06. The highest BCUT2D eigenvalue weighted by Crippen LogP contribution is 2.43. The van der Waals surface area contributed by atoms with Crippen LogP contribution in [0.2, 0.25) is 0 Å². The first kappa shape index (κ1) is 25.6. The van der Waals surface area contributed by atoms with Crippen LogP contribution in [0.15, 0.2) is 37.1 Å². The summed E-state index contributed by atoms with van der Waals surface area (Å²) in [5.74, 6) is 1.06. The van der Waals surface area contributed by atoms with Crippen LogP contribution in [-0.2, 0) is 11.3 Å². The SMILES string of the molecule is CCN1CCC(n2cc(-c3c[nH]c4ncc(-c5cnc(N6CCOC7(CC7)C6)c(CN(C)C)c5)nc34)cn2)CC1. The van der Waals surface area contributed by atoms with Crippen LogP contribution in [0.5, 0.6) is 0 Å². The third-order valence-corrected chi connectivity index (χ3v) is 8.75. The van der Waals surface area contributed by atoms with E-state index in [4.69, 9.17) is 24.8 Å². The van der Waals surface area contributed by atoms with Gasteiger partial charge < -0.3 is 24.4 Å². The molecule has 0 amide bonds. The van der Waals surface area contributed by atoms with Crippen molar-refractivity contribution in [2.24, 2.45) is 0 Å². The van der Waals surface area contributed by atoms with Crippen LogP contribution in [0.25, 0.3) is 33.5 Å². The smallest absolute Gasteiger partial charge is 0.156 e. The van der Waals surface area contributed by atoms with Gasteiger partial charge in [-0.25, -0.2) is 15.0 Å². The van der Waals surface area contributed by atoms with Crippen molar-refractivity contribution in [1.82, 2.24) is 39.5 Å². The number of pyridine rings is 1. The third-order valence-electron chi connectivity index (χ3n) is 8.75. The molecule has 1 saturated carbocycles. The zero-order valence-electron chi connectivity index (χ0n) is 23.8. The molecule has 0 bridgehead atoms. The summed E-state index contributed by atoms with van der Waals surface area (Å²) in [7, 11) is 4.20. The quantitative estimate of drug-likeness (QED) is 0.376. The number of likely N-dealkylation sites (tertiary alicyclic amines) is 1. The zero-order valence-corrected chi connectivity index (χ0v) is 23.8. The number of aromatic nitrogens is 6. The average molecular weight is 542 g/mol. The molecule has 10 nitrogen and oxygen atoms in total. The highest BCUT2D eigenvalue weighted by atomic mass is 16.5. The van der Waals surface area contributed by atoms with Crippen molar-refractivity contribution < 1.29 is 4.74 Å². The summed E-state index contributed by atoms with van der Waals surface area (Å²) in [6.07, 6.45) is 14.5. The van der Waals surface area contributed by atoms with Gasteiger partial charge in [0.15, 0.2) is 5.65 Å². The van der Waals surface area contributed by atoms with Crippen LogP contribution in [0.4, 0.5) is 5.82 Å². The third kappa shape index (κ3) is 4.88. The number of hydrogen-bond donors (Lipinski definition) is 1. The molecule has 40 heavy (non-hydrogen) atoms. The van der Waals surface area contributed by atoms with Gasteiger partial charge in [-0.05, 0) is 52.4 Å². The second-order valence-corrected chi connectivity index (χ2v) is 11.9. The number of H-pyrrole nitrogens is 1. The van der Waals surface area contributed by atoms with Crippen molar-refractivity contribution in [3.8, 4) is 22.4 Å². The number of aromatic amines is 1. The second kappa shape index (κ2) is 10.2. The Morgan fingerprint density at radius 1 is 1.07 bits per heavy atom. The van der Waals surface area contributed by atoms with Crippen molar-refractivity contribution >= 4 is 17.0 Å². The highest BCUT2D eigenvalue weighted by molar-refractivity contribution is 5.91. The predicted molar refractivity (Wildman–Crippen MR) is 156 cm³/mol. The number of nitrogens with one attached hydrogen (secondary N) is 1. The summed E-state index contributed by atoms with van der Waals surface area (Å²) in [6, 6.07) is 2.68. The first-order valence-corrected chi connectivity index (χ1v) is 14.6. The molecule has 2 saturated heterocycles. The molecule has 10 heteroatoms. The van der Waals surface area contributed by atoms with Gasteiger partial charge >= 0.3 is 0 Å². The molecular weight excluding hydrogens is 502 g/mol. The Hall–Kier alpha value is -3.34. The lowest BCUT2D eigenvalue weighted by Crippen LogP contribution is -2.44. The van der Waals surface area contributed by atoms with E-state index in [1.165, 1.54) is 5.56 Å². The molecule has 0 atom stereocenters. The Bertz CT molecular complexity index is 1500. The number of anilines is 1. The van der Waals surface area contributed by atoms with Crippen LogP contribution in [0.3, 0.4) is 0 Å². The van der Waals surface area contributed by atoms with E-state index in [1.54, 1.807) is 0 Å². The molecule has 1 spiro atoms. The molecule has 1 aliphatic carbocycles. The summed E-state index contributed by atoms with van der Waals surface area (Å²) in [5, 5.41) is 4.75. The second-order valence-electron chi connectivity index (χ2n) is 11.9. The molecule has 0 aromatic carbocycles. The number of fused-ring (bicyclic) bond motifs is 1.